The summed E-state index contributed by atoms with van der Waals surface area (Å²) < 4.78 is 5.25. The lowest BCUT2D eigenvalue weighted by Crippen LogP contribution is -2.14. The van der Waals surface area contributed by atoms with E-state index in [0.717, 1.165) is 5.92 Å². The van der Waals surface area contributed by atoms with E-state index in [9.17, 15) is 4.79 Å². The number of ether oxygens (including phenoxy) is 1. The number of aryl methyl sites for hydroxylation is 1. The van der Waals surface area contributed by atoms with Crippen LogP contribution >= 0.6 is 0 Å². The molecule has 25 heavy (non-hydrogen) atoms. The fraction of sp³-hybridized carbons (Fsp3) is 0.435. The highest BCUT2D eigenvalue weighted by molar-refractivity contribution is 5.72. The third-order valence-corrected chi connectivity index (χ3v) is 5.21. The van der Waals surface area contributed by atoms with Crippen LogP contribution in [0.1, 0.15) is 57.1 Å². The molecule has 0 amide bonds. The summed E-state index contributed by atoms with van der Waals surface area (Å²) in [6, 6.07) is 14.7. The molecule has 2 aromatic carbocycles. The fourth-order valence-electron chi connectivity index (χ4n) is 3.67. The van der Waals surface area contributed by atoms with Gasteiger partial charge in [-0.05, 0) is 59.6 Å². The zero-order chi connectivity index (χ0) is 17.6. The van der Waals surface area contributed by atoms with Gasteiger partial charge in [-0.3, -0.25) is 4.79 Å². The normalized spacial score (nSPS) is 16.3. The van der Waals surface area contributed by atoms with Gasteiger partial charge in [-0.25, -0.2) is 0 Å². The van der Waals surface area contributed by atoms with Crippen LogP contribution in [-0.4, -0.2) is 5.97 Å². The third-order valence-electron chi connectivity index (χ3n) is 5.21. The van der Waals surface area contributed by atoms with Crippen LogP contribution in [0.2, 0.25) is 0 Å². The average Bonchev–Trinajstić information content (AvgIpc) is 2.66. The van der Waals surface area contributed by atoms with Crippen LogP contribution in [0.25, 0.3) is 11.1 Å². The van der Waals surface area contributed by atoms with Crippen LogP contribution in [0, 0.1) is 5.92 Å². The van der Waals surface area contributed by atoms with Crippen molar-refractivity contribution in [2.45, 2.75) is 58.8 Å². The van der Waals surface area contributed by atoms with E-state index in [4.69, 9.17) is 4.74 Å². The van der Waals surface area contributed by atoms with Gasteiger partial charge in [-0.2, -0.15) is 0 Å². The molecular weight excluding hydrogens is 308 g/mol. The van der Waals surface area contributed by atoms with Crippen LogP contribution in [0.15, 0.2) is 42.5 Å². The summed E-state index contributed by atoms with van der Waals surface area (Å²) in [5.41, 5.74) is 5.46. The molecule has 2 heteroatoms. The maximum Gasteiger partial charge on any atom is 0.310 e. The van der Waals surface area contributed by atoms with Crippen LogP contribution < -0.4 is 4.74 Å². The highest BCUT2D eigenvalue weighted by atomic mass is 16.5. The smallest absolute Gasteiger partial charge is 0.310 e. The lowest BCUT2D eigenvalue weighted by atomic mass is 9.80. The zero-order valence-electron chi connectivity index (χ0n) is 15.4. The molecule has 0 heterocycles. The second-order valence-electron chi connectivity index (χ2n) is 7.09. The quantitative estimate of drug-likeness (QED) is 0.480. The number of unbranched alkanes of at least 4 members (excludes halogenated alkanes) is 1. The molecule has 0 aromatic heterocycles. The number of hydrogen-bond donors (Lipinski definition) is 0. The first-order valence-electron chi connectivity index (χ1n) is 9.62. The molecule has 0 saturated carbocycles. The Kier molecular flexibility index (Phi) is 5.91. The lowest BCUT2D eigenvalue weighted by Gasteiger charge is -2.25. The molecule has 1 atom stereocenters. The number of esters is 1. The predicted octanol–water partition coefficient (Wildman–Crippen LogP) is 5.96. The standard InChI is InChI=1S/C23H28O2/c1-3-5-6-17-7-8-21-16-20(10-9-19(21)15-17)18-11-13-22(14-12-18)25-23(24)4-2/h9-14,16-17H,3-8,15H2,1-2H3. The lowest BCUT2D eigenvalue weighted by molar-refractivity contribution is -0.134. The second-order valence-corrected chi connectivity index (χ2v) is 7.09. The van der Waals surface area contributed by atoms with Crippen molar-refractivity contribution in [2.75, 3.05) is 0 Å². The number of carbonyl (C=O) groups excluding carboxylic acids is 1. The highest BCUT2D eigenvalue weighted by Crippen LogP contribution is 2.32. The number of benzene rings is 2. The summed E-state index contributed by atoms with van der Waals surface area (Å²) in [4.78, 5) is 11.4. The van der Waals surface area contributed by atoms with E-state index in [1.807, 2.05) is 24.3 Å². The Labute approximate surface area is 151 Å². The van der Waals surface area contributed by atoms with Crippen LogP contribution in [0.4, 0.5) is 0 Å². The van der Waals surface area contributed by atoms with E-state index in [-0.39, 0.29) is 5.97 Å². The Bertz CT molecular complexity index is 715. The molecule has 0 radical (unpaired) electrons. The van der Waals surface area contributed by atoms with E-state index in [0.29, 0.717) is 12.2 Å². The molecule has 1 unspecified atom stereocenters. The molecule has 0 N–H and O–H groups in total. The average molecular weight is 336 g/mol. The zero-order valence-corrected chi connectivity index (χ0v) is 15.4. The third kappa shape index (κ3) is 4.50. The number of rotatable bonds is 6. The first-order chi connectivity index (χ1) is 12.2. The predicted molar refractivity (Wildman–Crippen MR) is 103 cm³/mol. The SMILES string of the molecule is CCCCC1CCc2cc(-c3ccc(OC(=O)CC)cc3)ccc2C1. The van der Waals surface area contributed by atoms with Crippen LogP contribution in [-0.2, 0) is 17.6 Å². The van der Waals surface area contributed by atoms with Gasteiger partial charge in [-0.15, -0.1) is 0 Å². The first-order valence-corrected chi connectivity index (χ1v) is 9.62. The number of fused-ring (bicyclic) bond motifs is 1. The summed E-state index contributed by atoms with van der Waals surface area (Å²) in [6.45, 7) is 4.08. The summed E-state index contributed by atoms with van der Waals surface area (Å²) in [7, 11) is 0. The van der Waals surface area contributed by atoms with Crippen molar-refractivity contribution < 1.29 is 9.53 Å². The molecule has 2 nitrogen and oxygen atoms in total. The fourth-order valence-corrected chi connectivity index (χ4v) is 3.67. The van der Waals surface area contributed by atoms with Gasteiger partial charge in [0.05, 0.1) is 0 Å². The van der Waals surface area contributed by atoms with Gasteiger partial charge in [0.2, 0.25) is 0 Å². The van der Waals surface area contributed by atoms with Gasteiger partial charge in [0.1, 0.15) is 5.75 Å². The van der Waals surface area contributed by atoms with Gasteiger partial charge in [0, 0.05) is 6.42 Å². The first kappa shape index (κ1) is 17.7. The Balaban J connectivity index is 1.71. The Morgan fingerprint density at radius 2 is 1.80 bits per heavy atom. The summed E-state index contributed by atoms with van der Waals surface area (Å²) >= 11 is 0. The number of hydrogen-bond acceptors (Lipinski definition) is 2. The molecule has 0 bridgehead atoms. The van der Waals surface area contributed by atoms with Crippen molar-refractivity contribution in [1.29, 1.82) is 0 Å². The summed E-state index contributed by atoms with van der Waals surface area (Å²) in [6.07, 6.45) is 8.17. The molecule has 1 aliphatic carbocycles. The Morgan fingerprint density at radius 3 is 2.52 bits per heavy atom. The minimum absolute atomic E-state index is 0.195. The molecular formula is C23H28O2. The van der Waals surface area contributed by atoms with Gasteiger partial charge in [0.25, 0.3) is 0 Å². The van der Waals surface area contributed by atoms with Crippen molar-refractivity contribution in [3.63, 3.8) is 0 Å². The van der Waals surface area contributed by atoms with Gasteiger partial charge >= 0.3 is 5.97 Å². The minimum Gasteiger partial charge on any atom is -0.427 e. The minimum atomic E-state index is -0.195. The molecule has 0 fully saturated rings. The van der Waals surface area contributed by atoms with Crippen molar-refractivity contribution in [2.24, 2.45) is 5.92 Å². The topological polar surface area (TPSA) is 26.3 Å². The van der Waals surface area contributed by atoms with Gasteiger partial charge in [0.15, 0.2) is 0 Å². The number of carbonyl (C=O) groups is 1. The monoisotopic (exact) mass is 336 g/mol. The largest absolute Gasteiger partial charge is 0.427 e. The van der Waals surface area contributed by atoms with E-state index in [1.54, 1.807) is 6.92 Å². The Morgan fingerprint density at radius 1 is 1.04 bits per heavy atom. The van der Waals surface area contributed by atoms with E-state index in [2.05, 4.69) is 25.1 Å². The summed E-state index contributed by atoms with van der Waals surface area (Å²) in [5.74, 6) is 1.29. The highest BCUT2D eigenvalue weighted by Gasteiger charge is 2.18. The molecule has 0 spiro atoms. The van der Waals surface area contributed by atoms with Crippen LogP contribution in [0.3, 0.4) is 0 Å². The van der Waals surface area contributed by atoms with E-state index < -0.39 is 0 Å². The molecule has 1 aliphatic rings. The molecule has 3 rings (SSSR count). The van der Waals surface area contributed by atoms with Gasteiger partial charge in [-0.1, -0.05) is 63.4 Å². The van der Waals surface area contributed by atoms with E-state index in [1.165, 1.54) is 60.8 Å². The van der Waals surface area contributed by atoms with Gasteiger partial charge < -0.3 is 4.74 Å². The van der Waals surface area contributed by atoms with Crippen molar-refractivity contribution in [3.8, 4) is 16.9 Å². The van der Waals surface area contributed by atoms with Crippen molar-refractivity contribution >= 4 is 5.97 Å². The van der Waals surface area contributed by atoms with E-state index >= 15 is 0 Å². The van der Waals surface area contributed by atoms with Crippen LogP contribution in [0.5, 0.6) is 5.75 Å². The molecule has 132 valence electrons. The van der Waals surface area contributed by atoms with Crippen molar-refractivity contribution in [1.82, 2.24) is 0 Å². The molecule has 0 saturated heterocycles. The molecule has 0 aliphatic heterocycles. The Hall–Kier alpha value is -2.09. The second kappa shape index (κ2) is 8.33. The summed E-state index contributed by atoms with van der Waals surface area (Å²) in [5, 5.41) is 0. The van der Waals surface area contributed by atoms with Crippen molar-refractivity contribution in [3.05, 3.63) is 53.6 Å². The maximum atomic E-state index is 11.4. The molecule has 2 aromatic rings. The maximum absolute atomic E-state index is 11.4.